The molecule has 1 saturated heterocycles. The van der Waals surface area contributed by atoms with Gasteiger partial charge in [-0.3, -0.25) is 9.69 Å². The fraction of sp³-hybridized carbons (Fsp3) is 0.333. The Morgan fingerprint density at radius 1 is 1.06 bits per heavy atom. The van der Waals surface area contributed by atoms with Gasteiger partial charge in [0.2, 0.25) is 15.9 Å². The van der Waals surface area contributed by atoms with Crippen LogP contribution in [0.15, 0.2) is 53.4 Å². The van der Waals surface area contributed by atoms with E-state index >= 15 is 0 Å². The Morgan fingerprint density at radius 2 is 1.77 bits per heavy atom. The van der Waals surface area contributed by atoms with Crippen molar-refractivity contribution in [1.82, 2.24) is 4.72 Å². The largest absolute Gasteiger partial charge is 0.447 e. The van der Waals surface area contributed by atoms with Gasteiger partial charge in [0.25, 0.3) is 0 Å². The summed E-state index contributed by atoms with van der Waals surface area (Å²) in [5, 5.41) is 5.86. The number of benzene rings is 2. The van der Waals surface area contributed by atoms with Crippen LogP contribution >= 0.6 is 0 Å². The van der Waals surface area contributed by atoms with Crippen LogP contribution in [0.3, 0.4) is 0 Å². The third-order valence-corrected chi connectivity index (χ3v) is 6.19. The summed E-state index contributed by atoms with van der Waals surface area (Å²) in [4.78, 5) is 25.9. The number of sulfonamides is 1. The topological polar surface area (TPSA) is 117 Å². The summed E-state index contributed by atoms with van der Waals surface area (Å²) in [5.41, 5.74) is 1.85. The maximum atomic E-state index is 12.5. The Bertz CT molecular complexity index is 1050. The van der Waals surface area contributed by atoms with Crippen molar-refractivity contribution in [2.75, 3.05) is 28.7 Å². The first kappa shape index (κ1) is 22.6. The highest BCUT2D eigenvalue weighted by Crippen LogP contribution is 2.23. The Balaban J connectivity index is 1.61. The van der Waals surface area contributed by atoms with Crippen LogP contribution in [-0.2, 0) is 19.6 Å². The van der Waals surface area contributed by atoms with Crippen LogP contribution in [0.1, 0.15) is 20.8 Å². The molecule has 2 amide bonds. The van der Waals surface area contributed by atoms with Crippen LogP contribution in [0.2, 0.25) is 0 Å². The molecule has 2 aromatic carbocycles. The van der Waals surface area contributed by atoms with Crippen LogP contribution in [0.4, 0.5) is 21.9 Å². The fourth-order valence-electron chi connectivity index (χ4n) is 3.05. The van der Waals surface area contributed by atoms with Gasteiger partial charge in [-0.25, -0.2) is 17.9 Å². The van der Waals surface area contributed by atoms with Gasteiger partial charge in [-0.1, -0.05) is 6.07 Å². The molecule has 0 spiro atoms. The Kier molecular flexibility index (Phi) is 6.81. The van der Waals surface area contributed by atoms with Crippen LogP contribution < -0.4 is 20.3 Å². The van der Waals surface area contributed by atoms with Crippen LogP contribution in [0.5, 0.6) is 0 Å². The zero-order valence-corrected chi connectivity index (χ0v) is 18.4. The summed E-state index contributed by atoms with van der Waals surface area (Å²) in [6.07, 6.45) is -0.392. The second-order valence-electron chi connectivity index (χ2n) is 7.47. The summed E-state index contributed by atoms with van der Waals surface area (Å²) in [7, 11) is -3.59. The number of nitrogens with zero attached hydrogens (tertiary/aromatic N) is 1. The molecular weight excluding hydrogens is 420 g/mol. The molecule has 1 fully saturated rings. The molecule has 3 rings (SSSR count). The van der Waals surface area contributed by atoms with E-state index in [1.807, 2.05) is 0 Å². The van der Waals surface area contributed by atoms with Crippen LogP contribution in [-0.4, -0.2) is 45.7 Å². The number of hydrogen-bond donors (Lipinski definition) is 3. The highest BCUT2D eigenvalue weighted by Gasteiger charge is 2.24. The molecule has 1 unspecified atom stereocenters. The normalized spacial score (nSPS) is 15.0. The maximum Gasteiger partial charge on any atom is 0.414 e. The van der Waals surface area contributed by atoms with Crippen molar-refractivity contribution in [2.45, 2.75) is 37.8 Å². The molecule has 2 aromatic rings. The van der Waals surface area contributed by atoms with Gasteiger partial charge in [-0.2, -0.15) is 0 Å². The molecule has 1 aliphatic rings. The van der Waals surface area contributed by atoms with Gasteiger partial charge >= 0.3 is 6.09 Å². The molecule has 0 radical (unpaired) electrons. The van der Waals surface area contributed by atoms with Crippen molar-refractivity contribution in [2.24, 2.45) is 0 Å². The second-order valence-corrected chi connectivity index (χ2v) is 9.19. The second kappa shape index (κ2) is 9.36. The first-order valence-corrected chi connectivity index (χ1v) is 11.4. The number of hydrogen-bond acceptors (Lipinski definition) is 6. The predicted molar refractivity (Wildman–Crippen MR) is 119 cm³/mol. The SMILES string of the molecule is CC(C)NS(=O)(=O)c1ccc(NC(=O)C(C)Nc2cccc(N3CCOC3=O)c2)cc1. The molecule has 3 N–H and O–H groups in total. The monoisotopic (exact) mass is 446 g/mol. The van der Waals surface area contributed by atoms with Crippen molar-refractivity contribution < 1.29 is 22.7 Å². The lowest BCUT2D eigenvalue weighted by Crippen LogP contribution is -2.32. The van der Waals surface area contributed by atoms with Gasteiger partial charge in [-0.15, -0.1) is 0 Å². The summed E-state index contributed by atoms with van der Waals surface area (Å²) < 4.78 is 31.8. The molecule has 0 aromatic heterocycles. The minimum Gasteiger partial charge on any atom is -0.447 e. The number of rotatable bonds is 8. The summed E-state index contributed by atoms with van der Waals surface area (Å²) in [6, 6.07) is 12.3. The van der Waals surface area contributed by atoms with Gasteiger partial charge in [0.05, 0.1) is 11.4 Å². The first-order chi connectivity index (χ1) is 14.7. The van der Waals surface area contributed by atoms with Gasteiger partial charge < -0.3 is 15.4 Å². The van der Waals surface area contributed by atoms with E-state index in [9.17, 15) is 18.0 Å². The van der Waals surface area contributed by atoms with Gasteiger partial charge in [0.15, 0.2) is 0 Å². The van der Waals surface area contributed by atoms with E-state index in [1.54, 1.807) is 57.2 Å². The number of ether oxygens (including phenoxy) is 1. The van der Waals surface area contributed by atoms with Crippen molar-refractivity contribution in [3.05, 3.63) is 48.5 Å². The molecule has 31 heavy (non-hydrogen) atoms. The minimum absolute atomic E-state index is 0.127. The number of anilines is 3. The quantitative estimate of drug-likeness (QED) is 0.574. The molecule has 0 saturated carbocycles. The predicted octanol–water partition coefficient (Wildman–Crippen LogP) is 2.77. The van der Waals surface area contributed by atoms with Crippen LogP contribution in [0, 0.1) is 0 Å². The van der Waals surface area contributed by atoms with E-state index in [-0.39, 0.29) is 16.8 Å². The fourth-order valence-corrected chi connectivity index (χ4v) is 4.30. The van der Waals surface area contributed by atoms with Gasteiger partial charge in [0, 0.05) is 23.1 Å². The average molecular weight is 447 g/mol. The smallest absolute Gasteiger partial charge is 0.414 e. The lowest BCUT2D eigenvalue weighted by atomic mass is 10.2. The molecular formula is C21H26N4O5S. The highest BCUT2D eigenvalue weighted by molar-refractivity contribution is 7.89. The lowest BCUT2D eigenvalue weighted by molar-refractivity contribution is -0.116. The summed E-state index contributed by atoms with van der Waals surface area (Å²) in [5.74, 6) is -0.290. The Morgan fingerprint density at radius 3 is 2.39 bits per heavy atom. The molecule has 9 nitrogen and oxygen atoms in total. The van der Waals surface area contributed by atoms with Gasteiger partial charge in [0.1, 0.15) is 12.6 Å². The molecule has 10 heteroatoms. The van der Waals surface area contributed by atoms with Crippen molar-refractivity contribution >= 4 is 39.1 Å². The van der Waals surface area contributed by atoms with E-state index in [0.29, 0.717) is 30.2 Å². The number of cyclic esters (lactones) is 1. The summed E-state index contributed by atoms with van der Waals surface area (Å²) in [6.45, 7) is 6.02. The van der Waals surface area contributed by atoms with E-state index in [0.717, 1.165) is 0 Å². The minimum atomic E-state index is -3.59. The third kappa shape index (κ3) is 5.74. The first-order valence-electron chi connectivity index (χ1n) is 9.90. The number of carbonyl (C=O) groups excluding carboxylic acids is 2. The Labute approximate surface area is 181 Å². The zero-order chi connectivity index (χ0) is 22.6. The molecule has 1 heterocycles. The third-order valence-electron chi connectivity index (χ3n) is 4.52. The zero-order valence-electron chi connectivity index (χ0n) is 17.6. The number of carbonyl (C=O) groups is 2. The van der Waals surface area contributed by atoms with Crippen LogP contribution in [0.25, 0.3) is 0 Å². The Hall–Kier alpha value is -3.11. The number of nitrogens with one attached hydrogen (secondary N) is 3. The van der Waals surface area contributed by atoms with Crippen molar-refractivity contribution in [3.63, 3.8) is 0 Å². The standard InChI is InChI=1S/C21H26N4O5S/c1-14(2)24-31(28,29)19-9-7-16(8-10-19)23-20(26)15(3)22-17-5-4-6-18(13-17)25-11-12-30-21(25)27/h4-10,13-15,22,24H,11-12H2,1-3H3,(H,23,26). The molecule has 166 valence electrons. The average Bonchev–Trinajstić information content (AvgIpc) is 3.13. The van der Waals surface area contributed by atoms with E-state index < -0.39 is 22.2 Å². The van der Waals surface area contributed by atoms with E-state index in [1.165, 1.54) is 17.0 Å². The van der Waals surface area contributed by atoms with Crippen molar-refractivity contribution in [1.29, 1.82) is 0 Å². The molecule has 0 aliphatic carbocycles. The van der Waals surface area contributed by atoms with E-state index in [4.69, 9.17) is 4.74 Å². The molecule has 0 bridgehead atoms. The maximum absolute atomic E-state index is 12.5. The number of amides is 2. The highest BCUT2D eigenvalue weighted by atomic mass is 32.2. The van der Waals surface area contributed by atoms with Crippen molar-refractivity contribution in [3.8, 4) is 0 Å². The van der Waals surface area contributed by atoms with E-state index in [2.05, 4.69) is 15.4 Å². The lowest BCUT2D eigenvalue weighted by Gasteiger charge is -2.18. The molecule has 1 aliphatic heterocycles. The van der Waals surface area contributed by atoms with Gasteiger partial charge in [-0.05, 0) is 63.2 Å². The summed E-state index contributed by atoms with van der Waals surface area (Å²) >= 11 is 0. The molecule has 1 atom stereocenters.